The van der Waals surface area contributed by atoms with Gasteiger partial charge in [-0.25, -0.2) is 4.39 Å². The molecule has 0 unspecified atom stereocenters. The lowest BCUT2D eigenvalue weighted by Crippen LogP contribution is -2.30. The summed E-state index contributed by atoms with van der Waals surface area (Å²) in [6, 6.07) is 7.90. The van der Waals surface area contributed by atoms with Crippen LogP contribution < -0.4 is 10.1 Å². The van der Waals surface area contributed by atoms with Crippen LogP contribution in [0.2, 0.25) is 0 Å². The number of anilines is 1. The molecule has 126 valence electrons. The van der Waals surface area contributed by atoms with Gasteiger partial charge < -0.3 is 10.1 Å². The smallest absolute Gasteiger partial charge is 0.307 e. The minimum absolute atomic E-state index is 0.346. The van der Waals surface area contributed by atoms with E-state index < -0.39 is 39.9 Å². The van der Waals surface area contributed by atoms with Gasteiger partial charge in [0.1, 0.15) is 11.6 Å². The average Bonchev–Trinajstić information content (AvgIpc) is 2.51. The Morgan fingerprint density at radius 2 is 1.83 bits per heavy atom. The van der Waals surface area contributed by atoms with Crippen LogP contribution >= 0.6 is 0 Å². The fraction of sp³-hybridized carbons (Fsp3) is 0.188. The number of halogens is 2. The van der Waals surface area contributed by atoms with Gasteiger partial charge >= 0.3 is 5.69 Å². The second-order valence-corrected chi connectivity index (χ2v) is 5.10. The molecule has 0 aliphatic heterocycles. The summed E-state index contributed by atoms with van der Waals surface area (Å²) in [5.41, 5.74) is -0.411. The molecule has 2 aromatic rings. The van der Waals surface area contributed by atoms with Gasteiger partial charge in [0.2, 0.25) is 5.82 Å². The number of benzene rings is 2. The highest BCUT2D eigenvalue weighted by Gasteiger charge is 2.22. The summed E-state index contributed by atoms with van der Waals surface area (Å²) in [5.74, 6) is -2.72. The zero-order chi connectivity index (χ0) is 17.9. The van der Waals surface area contributed by atoms with E-state index >= 15 is 0 Å². The summed E-state index contributed by atoms with van der Waals surface area (Å²) < 4.78 is 32.4. The number of hydrogen-bond donors (Lipinski definition) is 1. The maximum absolute atomic E-state index is 13.7. The highest BCUT2D eigenvalue weighted by atomic mass is 19.1. The molecule has 8 heteroatoms. The Balaban J connectivity index is 2.12. The van der Waals surface area contributed by atoms with Crippen LogP contribution in [0.5, 0.6) is 5.75 Å². The molecular weight excluding hydrogens is 322 g/mol. The Hall–Kier alpha value is -3.03. The number of aryl methyl sites for hydroxylation is 1. The standard InChI is InChI=1S/C16H14F2N2O4/c1-9-3-5-11(6-4-9)24-10(2)16(21)19-14-8-15(20(22)23)13(18)7-12(14)17/h3-8,10H,1-2H3,(H,19,21)/t10-/m0/s1. The van der Waals surface area contributed by atoms with E-state index in [9.17, 15) is 23.7 Å². The monoisotopic (exact) mass is 336 g/mol. The lowest BCUT2D eigenvalue weighted by Gasteiger charge is -2.15. The number of hydrogen-bond acceptors (Lipinski definition) is 4. The van der Waals surface area contributed by atoms with Crippen LogP contribution in [0.3, 0.4) is 0 Å². The van der Waals surface area contributed by atoms with E-state index in [-0.39, 0.29) is 0 Å². The molecule has 2 aromatic carbocycles. The third kappa shape index (κ3) is 4.03. The summed E-state index contributed by atoms with van der Waals surface area (Å²) in [7, 11) is 0. The first-order chi connectivity index (χ1) is 11.3. The Labute approximate surface area is 136 Å². The van der Waals surface area contributed by atoms with Crippen molar-refractivity contribution in [3.63, 3.8) is 0 Å². The van der Waals surface area contributed by atoms with Crippen LogP contribution in [-0.4, -0.2) is 16.9 Å². The van der Waals surface area contributed by atoms with Gasteiger partial charge in [0.25, 0.3) is 5.91 Å². The van der Waals surface area contributed by atoms with E-state index in [4.69, 9.17) is 4.74 Å². The van der Waals surface area contributed by atoms with Gasteiger partial charge in [-0.3, -0.25) is 14.9 Å². The first-order valence-corrected chi connectivity index (χ1v) is 6.95. The third-order valence-electron chi connectivity index (χ3n) is 3.19. The molecule has 1 atom stereocenters. The quantitative estimate of drug-likeness (QED) is 0.668. The van der Waals surface area contributed by atoms with Gasteiger partial charge in [-0.1, -0.05) is 17.7 Å². The number of nitrogens with one attached hydrogen (secondary N) is 1. The molecule has 0 aliphatic carbocycles. The van der Waals surface area contributed by atoms with Crippen molar-refractivity contribution < 1.29 is 23.2 Å². The third-order valence-corrected chi connectivity index (χ3v) is 3.19. The molecule has 0 radical (unpaired) electrons. The summed E-state index contributed by atoms with van der Waals surface area (Å²) in [4.78, 5) is 21.7. The molecule has 0 bridgehead atoms. The number of carbonyl (C=O) groups is 1. The second kappa shape index (κ2) is 7.03. The van der Waals surface area contributed by atoms with Gasteiger partial charge in [-0.2, -0.15) is 4.39 Å². The topological polar surface area (TPSA) is 81.5 Å². The van der Waals surface area contributed by atoms with Crippen LogP contribution in [0.15, 0.2) is 36.4 Å². The first-order valence-electron chi connectivity index (χ1n) is 6.95. The van der Waals surface area contributed by atoms with E-state index in [2.05, 4.69) is 5.32 Å². The Morgan fingerprint density at radius 3 is 2.42 bits per heavy atom. The Bertz CT molecular complexity index is 778. The maximum Gasteiger partial charge on any atom is 0.307 e. The lowest BCUT2D eigenvalue weighted by atomic mass is 10.2. The molecule has 0 saturated carbocycles. The van der Waals surface area contributed by atoms with E-state index in [0.29, 0.717) is 17.9 Å². The van der Waals surface area contributed by atoms with Crippen LogP contribution in [0.25, 0.3) is 0 Å². The fourth-order valence-electron chi connectivity index (χ4n) is 1.88. The van der Waals surface area contributed by atoms with Crippen molar-refractivity contribution in [1.29, 1.82) is 0 Å². The van der Waals surface area contributed by atoms with Crippen molar-refractivity contribution in [2.75, 3.05) is 5.32 Å². The molecule has 6 nitrogen and oxygen atoms in total. The lowest BCUT2D eigenvalue weighted by molar-refractivity contribution is -0.387. The predicted octanol–water partition coefficient (Wildman–Crippen LogP) is 3.59. The minimum Gasteiger partial charge on any atom is -0.481 e. The van der Waals surface area contributed by atoms with Crippen molar-refractivity contribution in [1.82, 2.24) is 0 Å². The van der Waals surface area contributed by atoms with Gasteiger partial charge in [0, 0.05) is 12.1 Å². The molecule has 24 heavy (non-hydrogen) atoms. The van der Waals surface area contributed by atoms with E-state index in [1.807, 2.05) is 6.92 Å². The van der Waals surface area contributed by atoms with Gasteiger partial charge in [-0.05, 0) is 26.0 Å². The van der Waals surface area contributed by atoms with Crippen molar-refractivity contribution in [3.05, 3.63) is 63.7 Å². The molecule has 0 aromatic heterocycles. The van der Waals surface area contributed by atoms with Crippen LogP contribution in [0.4, 0.5) is 20.2 Å². The molecule has 1 amide bonds. The van der Waals surface area contributed by atoms with Crippen molar-refractivity contribution in [3.8, 4) is 5.75 Å². The maximum atomic E-state index is 13.7. The van der Waals surface area contributed by atoms with Crippen LogP contribution in [0, 0.1) is 28.7 Å². The fourth-order valence-corrected chi connectivity index (χ4v) is 1.88. The van der Waals surface area contributed by atoms with Crippen molar-refractivity contribution in [2.24, 2.45) is 0 Å². The highest BCUT2D eigenvalue weighted by Crippen LogP contribution is 2.25. The number of nitrogens with zero attached hydrogens (tertiary/aromatic N) is 1. The molecule has 0 heterocycles. The van der Waals surface area contributed by atoms with Crippen LogP contribution in [-0.2, 0) is 4.79 Å². The average molecular weight is 336 g/mol. The molecule has 2 rings (SSSR count). The van der Waals surface area contributed by atoms with Gasteiger partial charge in [0.15, 0.2) is 6.10 Å². The first kappa shape index (κ1) is 17.3. The Kier molecular flexibility index (Phi) is 5.08. The molecule has 1 N–H and O–H groups in total. The number of carbonyl (C=O) groups excluding carboxylic acids is 1. The van der Waals surface area contributed by atoms with E-state index in [1.165, 1.54) is 6.92 Å². The highest BCUT2D eigenvalue weighted by molar-refractivity contribution is 5.94. The molecule has 0 fully saturated rings. The molecule has 0 saturated heterocycles. The van der Waals surface area contributed by atoms with Crippen molar-refractivity contribution >= 4 is 17.3 Å². The van der Waals surface area contributed by atoms with Crippen molar-refractivity contribution in [2.45, 2.75) is 20.0 Å². The summed E-state index contributed by atoms with van der Waals surface area (Å²) in [6.07, 6.45) is -0.990. The number of amides is 1. The number of nitro groups is 1. The summed E-state index contributed by atoms with van der Waals surface area (Å²) >= 11 is 0. The molecule has 0 spiro atoms. The largest absolute Gasteiger partial charge is 0.481 e. The molecular formula is C16H14F2N2O4. The number of rotatable bonds is 5. The van der Waals surface area contributed by atoms with E-state index in [0.717, 1.165) is 5.56 Å². The SMILES string of the molecule is Cc1ccc(O[C@@H](C)C(=O)Nc2cc([N+](=O)[O-])c(F)cc2F)cc1. The van der Waals surface area contributed by atoms with Crippen LogP contribution in [0.1, 0.15) is 12.5 Å². The summed E-state index contributed by atoms with van der Waals surface area (Å²) in [5, 5.41) is 12.8. The second-order valence-electron chi connectivity index (χ2n) is 5.10. The van der Waals surface area contributed by atoms with E-state index in [1.54, 1.807) is 24.3 Å². The number of ether oxygens (including phenoxy) is 1. The predicted molar refractivity (Wildman–Crippen MR) is 82.9 cm³/mol. The summed E-state index contributed by atoms with van der Waals surface area (Å²) in [6.45, 7) is 3.33. The molecule has 0 aliphatic rings. The Morgan fingerprint density at radius 1 is 1.21 bits per heavy atom. The zero-order valence-electron chi connectivity index (χ0n) is 12.9. The zero-order valence-corrected chi connectivity index (χ0v) is 12.9. The normalized spacial score (nSPS) is 11.7. The number of nitro benzene ring substituents is 1. The van der Waals surface area contributed by atoms with Gasteiger partial charge in [-0.15, -0.1) is 0 Å². The minimum atomic E-state index is -1.32. The van der Waals surface area contributed by atoms with Gasteiger partial charge in [0.05, 0.1) is 10.6 Å².